The highest BCUT2D eigenvalue weighted by Gasteiger charge is 2.30. The Bertz CT molecular complexity index is 1120. The predicted octanol–water partition coefficient (Wildman–Crippen LogP) is 8.21. The molecule has 32 heavy (non-hydrogen) atoms. The third-order valence-corrected chi connectivity index (χ3v) is 7.41. The van der Waals surface area contributed by atoms with Gasteiger partial charge in [0, 0.05) is 9.64 Å². The highest BCUT2D eigenvalue weighted by molar-refractivity contribution is 14.2. The molecule has 168 valence electrons. The van der Waals surface area contributed by atoms with Gasteiger partial charge in [-0.25, -0.2) is 0 Å². The Hall–Kier alpha value is -2.75. The standard InChI is InChI=1S/C24H21F3INO3/c1-3-4-16(2)28-20-10-12-21(13-11-20)32-23-14-7-18(15-22(23)29(30)31)17-5-8-19(9-6-17)24(25,26)27/h5-15H,3-4H2,1-2H3. The number of nitro benzene ring substituents is 1. The number of nitrogens with zero attached hydrogens (tertiary/aromatic N) is 1. The van der Waals surface area contributed by atoms with Crippen LogP contribution in [0.5, 0.6) is 11.5 Å². The van der Waals surface area contributed by atoms with Crippen molar-refractivity contribution in [3.05, 3.63) is 86.0 Å². The fourth-order valence-electron chi connectivity index (χ4n) is 3.05. The molecule has 0 heterocycles. The van der Waals surface area contributed by atoms with Gasteiger partial charge in [-0.2, -0.15) is 13.2 Å². The third kappa shape index (κ3) is 6.15. The Balaban J connectivity index is 1.84. The van der Waals surface area contributed by atoms with Crippen LogP contribution in [0.1, 0.15) is 32.3 Å². The van der Waals surface area contributed by atoms with E-state index < -0.39 is 16.7 Å². The molecule has 0 radical (unpaired) electrons. The molecule has 0 unspecified atom stereocenters. The lowest BCUT2D eigenvalue weighted by atomic mass is 10.0. The molecule has 0 saturated carbocycles. The largest absolute Gasteiger partial charge is 0.450 e. The maximum absolute atomic E-state index is 12.8. The van der Waals surface area contributed by atoms with Crippen molar-refractivity contribution in [2.24, 2.45) is 0 Å². The first kappa shape index (κ1) is 23.9. The molecule has 3 aromatic carbocycles. The number of hydrogen-bond acceptors (Lipinski definition) is 3. The van der Waals surface area contributed by atoms with Gasteiger partial charge in [0.25, 0.3) is 0 Å². The van der Waals surface area contributed by atoms with Crippen LogP contribution in [0.2, 0.25) is 0 Å². The second-order valence-electron chi connectivity index (χ2n) is 7.09. The Labute approximate surface area is 193 Å². The number of nitro groups is 1. The first-order valence-electron chi connectivity index (χ1n) is 9.88. The molecule has 0 aliphatic carbocycles. The van der Waals surface area contributed by atoms with Gasteiger partial charge in [0.2, 0.25) is 5.75 Å². The summed E-state index contributed by atoms with van der Waals surface area (Å²) in [4.78, 5) is 11.0. The summed E-state index contributed by atoms with van der Waals surface area (Å²) >= 11 is -0.191. The van der Waals surface area contributed by atoms with Crippen molar-refractivity contribution >= 4 is 29.9 Å². The van der Waals surface area contributed by atoms with Crippen LogP contribution in [0, 0.1) is 13.7 Å². The van der Waals surface area contributed by atoms with Gasteiger partial charge in [0.1, 0.15) is 5.75 Å². The highest BCUT2D eigenvalue weighted by atomic mass is 127. The number of hydrogen-bond donors (Lipinski definition) is 0. The fourth-order valence-corrected chi connectivity index (χ4v) is 5.64. The molecule has 0 spiro atoms. The average molecular weight is 555 g/mol. The molecule has 4 nitrogen and oxygen atoms in total. The maximum atomic E-state index is 12.8. The summed E-state index contributed by atoms with van der Waals surface area (Å²) in [5.74, 6) is 0.554. The maximum Gasteiger partial charge on any atom is 0.416 e. The van der Waals surface area contributed by atoms with Crippen molar-refractivity contribution in [1.82, 2.24) is 0 Å². The molecular weight excluding hydrogens is 534 g/mol. The zero-order valence-electron chi connectivity index (χ0n) is 17.4. The quantitative estimate of drug-likeness (QED) is 0.168. The zero-order chi connectivity index (χ0) is 23.3. The summed E-state index contributed by atoms with van der Waals surface area (Å²) in [6.45, 7) is 4.32. The van der Waals surface area contributed by atoms with E-state index in [1.54, 1.807) is 18.2 Å². The monoisotopic (exact) mass is 555 g/mol. The summed E-state index contributed by atoms with van der Waals surface area (Å²) in [5.41, 5.74) is -0.158. The van der Waals surface area contributed by atoms with Crippen molar-refractivity contribution < 1.29 is 22.8 Å². The van der Waals surface area contributed by atoms with Crippen LogP contribution in [0.15, 0.2) is 66.7 Å². The van der Waals surface area contributed by atoms with E-state index >= 15 is 0 Å². The zero-order valence-corrected chi connectivity index (χ0v) is 19.6. The molecule has 3 rings (SSSR count). The molecule has 0 fully saturated rings. The molecule has 0 amide bonds. The summed E-state index contributed by atoms with van der Waals surface area (Å²) in [7, 11) is 0. The third-order valence-electron chi connectivity index (χ3n) is 4.61. The lowest BCUT2D eigenvalue weighted by Crippen LogP contribution is -2.04. The first-order valence-corrected chi connectivity index (χ1v) is 12.0. The minimum absolute atomic E-state index is 0.0711. The van der Waals surface area contributed by atoms with Gasteiger partial charge < -0.3 is 4.74 Å². The molecule has 3 aromatic rings. The van der Waals surface area contributed by atoms with Crippen molar-refractivity contribution in [2.45, 2.75) is 32.9 Å². The summed E-state index contributed by atoms with van der Waals surface area (Å²) in [6.07, 6.45) is -2.20. The van der Waals surface area contributed by atoms with Gasteiger partial charge in [0.15, 0.2) is 0 Å². The number of rotatable bonds is 7. The van der Waals surface area contributed by atoms with Gasteiger partial charge >= 0.3 is 11.9 Å². The van der Waals surface area contributed by atoms with E-state index in [9.17, 15) is 23.3 Å². The normalized spacial score (nSPS) is 12.2. The van der Waals surface area contributed by atoms with Gasteiger partial charge in [-0.15, -0.1) is 0 Å². The molecule has 0 N–H and O–H groups in total. The van der Waals surface area contributed by atoms with Crippen LogP contribution >= 0.6 is 20.7 Å². The van der Waals surface area contributed by atoms with Crippen LogP contribution in [0.4, 0.5) is 18.9 Å². The molecule has 0 bridgehead atoms. The molecule has 0 saturated heterocycles. The van der Waals surface area contributed by atoms with Crippen LogP contribution in [-0.2, 0) is 6.18 Å². The van der Waals surface area contributed by atoms with E-state index in [0.717, 1.165) is 25.0 Å². The minimum atomic E-state index is -4.44. The molecule has 0 aliphatic rings. The lowest BCUT2D eigenvalue weighted by Gasteiger charge is -2.10. The van der Waals surface area contributed by atoms with Gasteiger partial charge in [-0.1, -0.05) is 52.3 Å². The van der Waals surface area contributed by atoms with Crippen molar-refractivity contribution in [1.29, 1.82) is 0 Å². The Morgan fingerprint density at radius 3 is 2.19 bits per heavy atom. The van der Waals surface area contributed by atoms with E-state index in [1.165, 1.54) is 31.3 Å². The van der Waals surface area contributed by atoms with Crippen molar-refractivity contribution in [2.75, 3.05) is 0 Å². The molecule has 0 aromatic heterocycles. The second-order valence-corrected chi connectivity index (χ2v) is 10.7. The van der Waals surface area contributed by atoms with E-state index in [4.69, 9.17) is 4.74 Å². The summed E-state index contributed by atoms with van der Waals surface area (Å²) in [6, 6.07) is 16.4. The van der Waals surface area contributed by atoms with Gasteiger partial charge in [-0.05, 0) is 70.4 Å². The average Bonchev–Trinajstić information content (AvgIpc) is 2.75. The van der Waals surface area contributed by atoms with E-state index in [1.807, 2.05) is 12.1 Å². The van der Waals surface area contributed by atoms with Crippen LogP contribution < -0.4 is 4.74 Å². The topological polar surface area (TPSA) is 52.4 Å². The molecule has 8 heteroatoms. The first-order chi connectivity index (χ1) is 15.2. The highest BCUT2D eigenvalue weighted by Crippen LogP contribution is 2.36. The van der Waals surface area contributed by atoms with Crippen LogP contribution in [-0.4, -0.2) is 8.43 Å². The predicted molar refractivity (Wildman–Crippen MR) is 128 cm³/mol. The Kier molecular flexibility index (Phi) is 7.65. The fraction of sp³-hybridized carbons (Fsp3) is 0.208. The van der Waals surface area contributed by atoms with Gasteiger partial charge in [0.05, 0.1) is 10.5 Å². The summed E-state index contributed by atoms with van der Waals surface area (Å²) < 4.78 is 46.8. The molecular formula is C24H21F3INO3. The minimum Gasteiger partial charge on any atom is -0.450 e. The molecule has 0 atom stereocenters. The number of benzene rings is 3. The number of halogens is 4. The van der Waals surface area contributed by atoms with Crippen LogP contribution in [0.3, 0.4) is 0 Å². The van der Waals surface area contributed by atoms with Crippen LogP contribution in [0.25, 0.3) is 11.1 Å². The second kappa shape index (κ2) is 10.2. The number of ether oxygens (including phenoxy) is 1. The van der Waals surface area contributed by atoms with E-state index in [2.05, 4.69) is 13.8 Å². The Morgan fingerprint density at radius 1 is 1.00 bits per heavy atom. The van der Waals surface area contributed by atoms with E-state index in [0.29, 0.717) is 16.9 Å². The van der Waals surface area contributed by atoms with Crippen molar-refractivity contribution in [3.63, 3.8) is 0 Å². The smallest absolute Gasteiger partial charge is 0.416 e. The lowest BCUT2D eigenvalue weighted by molar-refractivity contribution is -0.385. The van der Waals surface area contributed by atoms with Crippen molar-refractivity contribution in [3.8, 4) is 22.6 Å². The SMILES string of the molecule is CCCC(C)=Ic1ccc(Oc2ccc(-c3ccc(C(F)(F)F)cc3)cc2[N+](=O)[O-])cc1. The number of alkyl halides is 3. The molecule has 0 aliphatic heterocycles. The van der Waals surface area contributed by atoms with E-state index in [-0.39, 0.29) is 32.2 Å². The Morgan fingerprint density at radius 2 is 1.62 bits per heavy atom. The summed E-state index contributed by atoms with van der Waals surface area (Å²) in [5, 5.41) is 11.6. The van der Waals surface area contributed by atoms with Gasteiger partial charge in [-0.3, -0.25) is 10.1 Å².